The average Bonchev–Trinajstić information content (AvgIpc) is 2.33. The van der Waals surface area contributed by atoms with E-state index in [1.165, 1.54) is 0 Å². The molecule has 0 aliphatic rings. The molecule has 2 aromatic rings. The van der Waals surface area contributed by atoms with Crippen LogP contribution in [0, 0.1) is 0 Å². The van der Waals surface area contributed by atoms with Crippen molar-refractivity contribution in [1.82, 2.24) is 0 Å². The summed E-state index contributed by atoms with van der Waals surface area (Å²) >= 11 is 0. The maximum Gasteiger partial charge on any atom is 0.198 e. The van der Waals surface area contributed by atoms with E-state index in [2.05, 4.69) is 5.14 Å². The number of rotatable bonds is 2. The van der Waals surface area contributed by atoms with Gasteiger partial charge in [0.1, 0.15) is 17.2 Å². The summed E-state index contributed by atoms with van der Waals surface area (Å²) in [5, 5.41) is 13.1. The number of phenols is 1. The first kappa shape index (κ1) is 14.0. The number of hydrogen-bond donors (Lipinski definition) is 3. The molecule has 0 bridgehead atoms. The van der Waals surface area contributed by atoms with Crippen molar-refractivity contribution in [2.24, 2.45) is 5.14 Å². The Balaban J connectivity index is 0.000000357. The normalized spacial score (nSPS) is 9.44. The smallest absolute Gasteiger partial charge is 0.198 e. The summed E-state index contributed by atoms with van der Waals surface area (Å²) in [6.07, 6.45) is 0. The van der Waals surface area contributed by atoms with Crippen molar-refractivity contribution in [3.63, 3.8) is 0 Å². The Morgan fingerprint density at radius 2 is 1.33 bits per heavy atom. The summed E-state index contributed by atoms with van der Waals surface area (Å²) in [6, 6.07) is 16.2. The molecule has 0 saturated carbocycles. The average molecular weight is 267 g/mol. The second-order valence-corrected chi connectivity index (χ2v) is 3.77. The third-order valence-electron chi connectivity index (χ3n) is 1.82. The molecule has 0 aromatic heterocycles. The zero-order chi connectivity index (χ0) is 13.4. The number of nitrogens with two attached hydrogens (primary N) is 1. The highest BCUT2D eigenvalue weighted by atomic mass is 32.2. The number of aromatic hydroxyl groups is 1. The Labute approximate surface area is 107 Å². The SMILES string of the molecule is N[SH](=O)=O.Oc1ccc(Oc2ccccc2)cc1. The van der Waals surface area contributed by atoms with Crippen LogP contribution in [0.1, 0.15) is 0 Å². The highest BCUT2D eigenvalue weighted by Crippen LogP contribution is 2.22. The number of benzene rings is 2. The lowest BCUT2D eigenvalue weighted by Gasteiger charge is -2.04. The molecule has 0 amide bonds. The Morgan fingerprint density at radius 1 is 0.889 bits per heavy atom. The van der Waals surface area contributed by atoms with Crippen molar-refractivity contribution in [2.45, 2.75) is 0 Å². The summed E-state index contributed by atoms with van der Waals surface area (Å²) in [7, 11) is -2.62. The van der Waals surface area contributed by atoms with Gasteiger partial charge in [0.15, 0.2) is 10.9 Å². The van der Waals surface area contributed by atoms with Gasteiger partial charge in [-0.1, -0.05) is 18.2 Å². The van der Waals surface area contributed by atoms with Gasteiger partial charge < -0.3 is 9.84 Å². The summed E-state index contributed by atoms with van der Waals surface area (Å²) < 4.78 is 23.2. The summed E-state index contributed by atoms with van der Waals surface area (Å²) in [6.45, 7) is 0. The standard InChI is InChI=1S/C12H10O2.H3NO2S/c13-10-6-8-12(9-7-10)14-11-4-2-1-3-5-11;1-4(2)3/h1-9,13H;4H,(H2,1,2,3). The Bertz CT molecular complexity index is 530. The van der Waals surface area contributed by atoms with Crippen molar-refractivity contribution < 1.29 is 18.3 Å². The fraction of sp³-hybridized carbons (Fsp3) is 0. The number of hydrogen-bond acceptors (Lipinski definition) is 4. The van der Waals surface area contributed by atoms with E-state index >= 15 is 0 Å². The molecule has 5 nitrogen and oxygen atoms in total. The second-order valence-electron chi connectivity index (χ2n) is 3.19. The van der Waals surface area contributed by atoms with E-state index in [-0.39, 0.29) is 5.75 Å². The van der Waals surface area contributed by atoms with Crippen LogP contribution in [-0.4, -0.2) is 13.5 Å². The Hall–Kier alpha value is -2.05. The quantitative estimate of drug-likeness (QED) is 0.722. The molecule has 0 unspecified atom stereocenters. The highest BCUT2D eigenvalue weighted by Gasteiger charge is 1.95. The molecule has 0 fully saturated rings. The number of ether oxygens (including phenoxy) is 1. The largest absolute Gasteiger partial charge is 0.508 e. The molecular weight excluding hydrogens is 254 g/mol. The fourth-order valence-corrected chi connectivity index (χ4v) is 1.14. The third kappa shape index (κ3) is 5.88. The van der Waals surface area contributed by atoms with Gasteiger partial charge in [-0.25, -0.2) is 13.6 Å². The second kappa shape index (κ2) is 7.31. The first-order chi connectivity index (χ1) is 8.58. The fourth-order valence-electron chi connectivity index (χ4n) is 1.14. The zero-order valence-corrected chi connectivity index (χ0v) is 10.3. The van der Waals surface area contributed by atoms with E-state index in [1.54, 1.807) is 24.3 Å². The van der Waals surface area contributed by atoms with Gasteiger partial charge >= 0.3 is 0 Å². The van der Waals surface area contributed by atoms with Gasteiger partial charge in [-0.3, -0.25) is 0 Å². The van der Waals surface area contributed by atoms with E-state index in [0.29, 0.717) is 5.75 Å². The topological polar surface area (TPSA) is 89.6 Å². The zero-order valence-electron chi connectivity index (χ0n) is 9.39. The van der Waals surface area contributed by atoms with Crippen LogP contribution in [0.25, 0.3) is 0 Å². The first-order valence-electron chi connectivity index (χ1n) is 4.99. The van der Waals surface area contributed by atoms with Crippen LogP contribution < -0.4 is 9.88 Å². The minimum atomic E-state index is -2.62. The van der Waals surface area contributed by atoms with E-state index in [9.17, 15) is 0 Å². The lowest BCUT2D eigenvalue weighted by molar-refractivity contribution is 0.464. The van der Waals surface area contributed by atoms with Gasteiger partial charge in [-0.15, -0.1) is 0 Å². The molecular formula is C12H13NO4S. The molecule has 0 saturated heterocycles. The monoisotopic (exact) mass is 267 g/mol. The van der Waals surface area contributed by atoms with Crippen molar-refractivity contribution in [2.75, 3.05) is 0 Å². The van der Waals surface area contributed by atoms with Crippen molar-refractivity contribution >= 4 is 10.9 Å². The van der Waals surface area contributed by atoms with Gasteiger partial charge in [0.05, 0.1) is 0 Å². The van der Waals surface area contributed by atoms with Crippen LogP contribution in [0.5, 0.6) is 17.2 Å². The summed E-state index contributed by atoms with van der Waals surface area (Å²) in [5.74, 6) is 1.75. The maximum atomic E-state index is 9.07. The van der Waals surface area contributed by atoms with Crippen molar-refractivity contribution in [3.8, 4) is 17.2 Å². The van der Waals surface area contributed by atoms with E-state index in [4.69, 9.17) is 18.3 Å². The molecule has 0 aliphatic heterocycles. The maximum absolute atomic E-state index is 9.07. The predicted octanol–water partition coefficient (Wildman–Crippen LogP) is 1.66. The van der Waals surface area contributed by atoms with E-state index < -0.39 is 10.9 Å². The molecule has 0 spiro atoms. The Kier molecular flexibility index (Phi) is 5.69. The van der Waals surface area contributed by atoms with Crippen LogP contribution in [0.2, 0.25) is 0 Å². The van der Waals surface area contributed by atoms with Crippen LogP contribution >= 0.6 is 0 Å². The predicted molar refractivity (Wildman–Crippen MR) is 69.1 cm³/mol. The van der Waals surface area contributed by atoms with Gasteiger partial charge in [-0.2, -0.15) is 0 Å². The first-order valence-corrected chi connectivity index (χ1v) is 6.23. The molecule has 6 heteroatoms. The number of thiol groups is 1. The molecule has 0 atom stereocenters. The van der Waals surface area contributed by atoms with Gasteiger partial charge in [0, 0.05) is 0 Å². The van der Waals surface area contributed by atoms with Crippen molar-refractivity contribution in [1.29, 1.82) is 0 Å². The molecule has 2 aromatic carbocycles. The third-order valence-corrected chi connectivity index (χ3v) is 1.82. The molecule has 0 aliphatic carbocycles. The Morgan fingerprint density at radius 3 is 1.83 bits per heavy atom. The van der Waals surface area contributed by atoms with E-state index in [0.717, 1.165) is 5.75 Å². The van der Waals surface area contributed by atoms with Gasteiger partial charge in [0.2, 0.25) is 0 Å². The van der Waals surface area contributed by atoms with Crippen molar-refractivity contribution in [3.05, 3.63) is 54.6 Å². The molecule has 96 valence electrons. The molecule has 18 heavy (non-hydrogen) atoms. The molecule has 2 rings (SSSR count). The van der Waals surface area contributed by atoms with E-state index in [1.807, 2.05) is 30.3 Å². The molecule has 0 radical (unpaired) electrons. The molecule has 0 heterocycles. The molecule has 3 N–H and O–H groups in total. The highest BCUT2D eigenvalue weighted by molar-refractivity contribution is 7.69. The lowest BCUT2D eigenvalue weighted by Crippen LogP contribution is -1.85. The van der Waals surface area contributed by atoms with Crippen LogP contribution in [0.4, 0.5) is 0 Å². The minimum absolute atomic E-state index is 0.241. The lowest BCUT2D eigenvalue weighted by atomic mass is 10.3. The van der Waals surface area contributed by atoms with Crippen LogP contribution in [-0.2, 0) is 10.9 Å². The number of phenolic OH excluding ortho intramolecular Hbond substituents is 1. The summed E-state index contributed by atoms with van der Waals surface area (Å²) in [4.78, 5) is 0. The van der Waals surface area contributed by atoms with Gasteiger partial charge in [-0.05, 0) is 36.4 Å². The van der Waals surface area contributed by atoms with Gasteiger partial charge in [0.25, 0.3) is 0 Å². The summed E-state index contributed by atoms with van der Waals surface area (Å²) in [5.41, 5.74) is 0. The van der Waals surface area contributed by atoms with Crippen LogP contribution in [0.15, 0.2) is 54.6 Å². The van der Waals surface area contributed by atoms with Crippen LogP contribution in [0.3, 0.4) is 0 Å². The minimum Gasteiger partial charge on any atom is -0.508 e. The number of para-hydroxylation sites is 1.